The monoisotopic (exact) mass is 278 g/mol. The lowest BCUT2D eigenvalue weighted by atomic mass is 10.0. The molecular weight excluding hydrogens is 248 g/mol. The zero-order chi connectivity index (χ0) is 14.5. The summed E-state index contributed by atoms with van der Waals surface area (Å²) in [7, 11) is 0. The van der Waals surface area contributed by atoms with Crippen molar-refractivity contribution in [3.05, 3.63) is 24.2 Å². The van der Waals surface area contributed by atoms with Gasteiger partial charge >= 0.3 is 0 Å². The van der Waals surface area contributed by atoms with Crippen LogP contribution in [0.3, 0.4) is 0 Å². The zero-order valence-electron chi connectivity index (χ0n) is 13.0. The highest BCUT2D eigenvalue weighted by Gasteiger charge is 2.05. The highest BCUT2D eigenvalue weighted by atomic mass is 16.3. The lowest BCUT2D eigenvalue weighted by Gasteiger charge is -2.02. The van der Waals surface area contributed by atoms with Crippen molar-refractivity contribution in [1.82, 2.24) is 0 Å². The number of unbranched alkanes of at least 4 members (excludes halogenated alkanes) is 9. The van der Waals surface area contributed by atoms with Crippen LogP contribution in [0.15, 0.2) is 22.8 Å². The van der Waals surface area contributed by atoms with Crippen molar-refractivity contribution in [2.24, 2.45) is 0 Å². The van der Waals surface area contributed by atoms with E-state index in [-0.39, 0.29) is 0 Å². The summed E-state index contributed by atoms with van der Waals surface area (Å²) in [6.45, 7) is 2.26. The molecule has 1 aromatic heterocycles. The van der Waals surface area contributed by atoms with Gasteiger partial charge < -0.3 is 4.42 Å². The highest BCUT2D eigenvalue weighted by Crippen LogP contribution is 2.12. The average Bonchev–Trinajstić information content (AvgIpc) is 2.93. The van der Waals surface area contributed by atoms with E-state index in [0.29, 0.717) is 18.6 Å². The Bertz CT molecular complexity index is 327. The Kier molecular flexibility index (Phi) is 9.99. The number of rotatable bonds is 13. The molecule has 0 bridgehead atoms. The fourth-order valence-corrected chi connectivity index (χ4v) is 2.51. The van der Waals surface area contributed by atoms with Gasteiger partial charge in [-0.2, -0.15) is 0 Å². The Balaban J connectivity index is 1.83. The predicted molar refractivity (Wildman–Crippen MR) is 83.9 cm³/mol. The van der Waals surface area contributed by atoms with Crippen LogP contribution in [0, 0.1) is 0 Å². The first kappa shape index (κ1) is 17.0. The van der Waals surface area contributed by atoms with Crippen LogP contribution in [0.25, 0.3) is 0 Å². The molecule has 0 spiro atoms. The maximum atomic E-state index is 11.7. The molecule has 1 aromatic rings. The second-order valence-corrected chi connectivity index (χ2v) is 5.73. The Morgan fingerprint density at radius 3 is 2.10 bits per heavy atom. The van der Waals surface area contributed by atoms with Crippen LogP contribution in [0.5, 0.6) is 0 Å². The molecule has 0 aliphatic carbocycles. The molecule has 0 aliphatic rings. The molecule has 20 heavy (non-hydrogen) atoms. The van der Waals surface area contributed by atoms with Gasteiger partial charge in [0.15, 0.2) is 0 Å². The Morgan fingerprint density at radius 2 is 1.55 bits per heavy atom. The maximum absolute atomic E-state index is 11.7. The smallest absolute Gasteiger partial charge is 0.140 e. The third kappa shape index (κ3) is 8.95. The van der Waals surface area contributed by atoms with Gasteiger partial charge in [-0.3, -0.25) is 4.79 Å². The van der Waals surface area contributed by atoms with E-state index in [1.54, 1.807) is 6.26 Å². The zero-order valence-corrected chi connectivity index (χ0v) is 13.0. The fraction of sp³-hybridized carbons (Fsp3) is 0.722. The van der Waals surface area contributed by atoms with E-state index in [0.717, 1.165) is 12.2 Å². The molecule has 0 amide bonds. The summed E-state index contributed by atoms with van der Waals surface area (Å²) in [6.07, 6.45) is 15.9. The minimum absolute atomic E-state index is 0.305. The number of furan rings is 1. The van der Waals surface area contributed by atoms with Crippen LogP contribution < -0.4 is 0 Å². The molecule has 0 radical (unpaired) electrons. The predicted octanol–water partition coefficient (Wildman–Crippen LogP) is 5.70. The van der Waals surface area contributed by atoms with Crippen molar-refractivity contribution < 1.29 is 9.21 Å². The number of hydrogen-bond donors (Lipinski definition) is 0. The SMILES string of the molecule is CCCCCCCCCCCCC(=O)Cc1ccco1. The lowest BCUT2D eigenvalue weighted by Crippen LogP contribution is -2.01. The van der Waals surface area contributed by atoms with Crippen LogP contribution >= 0.6 is 0 Å². The summed E-state index contributed by atoms with van der Waals surface area (Å²) < 4.78 is 5.18. The molecule has 1 heterocycles. The summed E-state index contributed by atoms with van der Waals surface area (Å²) in [5, 5.41) is 0. The molecule has 0 saturated heterocycles. The maximum Gasteiger partial charge on any atom is 0.140 e. The van der Waals surface area contributed by atoms with Gasteiger partial charge in [-0.1, -0.05) is 64.7 Å². The third-order valence-corrected chi connectivity index (χ3v) is 3.76. The van der Waals surface area contributed by atoms with Crippen molar-refractivity contribution in [3.8, 4) is 0 Å². The number of hydrogen-bond acceptors (Lipinski definition) is 2. The Hall–Kier alpha value is -1.05. The lowest BCUT2D eigenvalue weighted by molar-refractivity contribution is -0.118. The minimum atomic E-state index is 0.305. The normalized spacial score (nSPS) is 10.8. The quantitative estimate of drug-likeness (QED) is 0.433. The van der Waals surface area contributed by atoms with E-state index in [4.69, 9.17) is 4.42 Å². The highest BCUT2D eigenvalue weighted by molar-refractivity contribution is 5.80. The van der Waals surface area contributed by atoms with Crippen LogP contribution in [-0.2, 0) is 11.2 Å². The summed E-state index contributed by atoms with van der Waals surface area (Å²) in [5.41, 5.74) is 0. The third-order valence-electron chi connectivity index (χ3n) is 3.76. The first-order valence-corrected chi connectivity index (χ1v) is 8.37. The summed E-state index contributed by atoms with van der Waals surface area (Å²) in [6, 6.07) is 3.71. The molecule has 2 heteroatoms. The first-order valence-electron chi connectivity index (χ1n) is 8.37. The molecular formula is C18H30O2. The molecule has 0 saturated carbocycles. The number of Topliss-reactive ketones (excluding diaryl/α,β-unsaturated/α-hetero) is 1. The van der Waals surface area contributed by atoms with Crippen molar-refractivity contribution in [3.63, 3.8) is 0 Å². The van der Waals surface area contributed by atoms with Crippen molar-refractivity contribution in [2.45, 2.75) is 84.0 Å². The van der Waals surface area contributed by atoms with Gasteiger partial charge in [-0.05, 0) is 18.6 Å². The van der Waals surface area contributed by atoms with Crippen LogP contribution in [0.1, 0.15) is 83.3 Å². The van der Waals surface area contributed by atoms with Crippen LogP contribution in [0.2, 0.25) is 0 Å². The Morgan fingerprint density at radius 1 is 0.950 bits per heavy atom. The van der Waals surface area contributed by atoms with E-state index in [9.17, 15) is 4.79 Å². The molecule has 0 N–H and O–H groups in total. The van der Waals surface area contributed by atoms with Gasteiger partial charge in [-0.25, -0.2) is 0 Å². The molecule has 2 nitrogen and oxygen atoms in total. The molecule has 1 rings (SSSR count). The summed E-state index contributed by atoms with van der Waals surface area (Å²) in [5.74, 6) is 1.10. The van der Waals surface area contributed by atoms with Gasteiger partial charge in [0, 0.05) is 6.42 Å². The van der Waals surface area contributed by atoms with Crippen LogP contribution in [0.4, 0.5) is 0 Å². The molecule has 0 aliphatic heterocycles. The molecule has 0 atom stereocenters. The molecule has 114 valence electrons. The number of ketones is 1. The summed E-state index contributed by atoms with van der Waals surface area (Å²) >= 11 is 0. The molecule has 0 aromatic carbocycles. The van der Waals surface area contributed by atoms with Gasteiger partial charge in [0.1, 0.15) is 11.5 Å². The second kappa shape index (κ2) is 11.7. The number of carbonyl (C=O) groups excluding carboxylic acids is 1. The topological polar surface area (TPSA) is 30.2 Å². The minimum Gasteiger partial charge on any atom is -0.469 e. The van der Waals surface area contributed by atoms with Gasteiger partial charge in [-0.15, -0.1) is 0 Å². The molecule has 0 unspecified atom stereocenters. The van der Waals surface area contributed by atoms with Crippen molar-refractivity contribution >= 4 is 5.78 Å². The van der Waals surface area contributed by atoms with Gasteiger partial charge in [0.25, 0.3) is 0 Å². The largest absolute Gasteiger partial charge is 0.469 e. The van der Waals surface area contributed by atoms with Crippen molar-refractivity contribution in [1.29, 1.82) is 0 Å². The van der Waals surface area contributed by atoms with E-state index in [2.05, 4.69) is 6.92 Å². The van der Waals surface area contributed by atoms with Gasteiger partial charge in [0.05, 0.1) is 12.7 Å². The van der Waals surface area contributed by atoms with Crippen LogP contribution in [-0.4, -0.2) is 5.78 Å². The van der Waals surface area contributed by atoms with Crippen molar-refractivity contribution in [2.75, 3.05) is 0 Å². The standard InChI is InChI=1S/C18H30O2/c1-2-3-4-5-6-7-8-9-10-11-13-17(19)16-18-14-12-15-20-18/h12,14-15H,2-11,13,16H2,1H3. The summed E-state index contributed by atoms with van der Waals surface area (Å²) in [4.78, 5) is 11.7. The first-order chi connectivity index (χ1) is 9.83. The van der Waals surface area contributed by atoms with E-state index >= 15 is 0 Å². The van der Waals surface area contributed by atoms with Gasteiger partial charge in [0.2, 0.25) is 0 Å². The van der Waals surface area contributed by atoms with E-state index in [1.165, 1.54) is 57.8 Å². The Labute approximate surface area is 123 Å². The van der Waals surface area contributed by atoms with E-state index in [1.807, 2.05) is 12.1 Å². The second-order valence-electron chi connectivity index (χ2n) is 5.73. The fourth-order valence-electron chi connectivity index (χ4n) is 2.51. The molecule has 0 fully saturated rings. The number of carbonyl (C=O) groups is 1. The van der Waals surface area contributed by atoms with E-state index < -0.39 is 0 Å². The average molecular weight is 278 g/mol.